The van der Waals surface area contributed by atoms with Crippen LogP contribution in [-0.2, 0) is 16.6 Å². The van der Waals surface area contributed by atoms with E-state index >= 15 is 0 Å². The van der Waals surface area contributed by atoms with Gasteiger partial charge in [-0.1, -0.05) is 36.0 Å². The smallest absolute Gasteiger partial charge is 0.220 e. The van der Waals surface area contributed by atoms with E-state index in [1.165, 1.54) is 11.4 Å². The molecule has 0 amide bonds. The maximum atomic E-state index is 11.7. The summed E-state index contributed by atoms with van der Waals surface area (Å²) in [6.07, 6.45) is 0. The standard InChI is InChI=1S/C10H13ClN2O2S2/c1-13(17(14,15)7-10(12)16)6-8-2-4-9(11)5-3-8/h2-5H,6-7H2,1H3,(H2,12,16). The molecule has 2 N–H and O–H groups in total. The normalized spacial score (nSPS) is 11.7. The van der Waals surface area contributed by atoms with Gasteiger partial charge in [0.05, 0.1) is 4.99 Å². The van der Waals surface area contributed by atoms with Crippen molar-refractivity contribution in [3.05, 3.63) is 34.9 Å². The van der Waals surface area contributed by atoms with Gasteiger partial charge in [-0.05, 0) is 17.7 Å². The molecule has 1 aromatic carbocycles. The quantitative estimate of drug-likeness (QED) is 0.833. The van der Waals surface area contributed by atoms with Crippen LogP contribution in [0.1, 0.15) is 5.56 Å². The largest absolute Gasteiger partial charge is 0.392 e. The van der Waals surface area contributed by atoms with Gasteiger partial charge in [0.2, 0.25) is 10.0 Å². The monoisotopic (exact) mass is 292 g/mol. The minimum Gasteiger partial charge on any atom is -0.392 e. The van der Waals surface area contributed by atoms with Crippen LogP contribution < -0.4 is 5.73 Å². The van der Waals surface area contributed by atoms with E-state index in [0.29, 0.717) is 5.02 Å². The molecule has 17 heavy (non-hydrogen) atoms. The Balaban J connectivity index is 2.75. The molecule has 0 atom stereocenters. The number of hydrogen-bond donors (Lipinski definition) is 1. The van der Waals surface area contributed by atoms with Crippen LogP contribution in [0.25, 0.3) is 0 Å². The summed E-state index contributed by atoms with van der Waals surface area (Å²) in [5.74, 6) is -0.313. The lowest BCUT2D eigenvalue weighted by Crippen LogP contribution is -2.33. The van der Waals surface area contributed by atoms with E-state index in [4.69, 9.17) is 17.3 Å². The summed E-state index contributed by atoms with van der Waals surface area (Å²) >= 11 is 10.3. The molecule has 94 valence electrons. The van der Waals surface area contributed by atoms with Crippen LogP contribution in [0.15, 0.2) is 24.3 Å². The molecule has 0 fully saturated rings. The number of rotatable bonds is 5. The number of nitrogens with two attached hydrogens (primary N) is 1. The molecule has 1 aromatic rings. The zero-order valence-electron chi connectivity index (χ0n) is 9.26. The molecule has 0 aliphatic heterocycles. The van der Waals surface area contributed by atoms with E-state index in [1.807, 2.05) is 0 Å². The summed E-state index contributed by atoms with van der Waals surface area (Å²) in [6.45, 7) is 0.266. The van der Waals surface area contributed by atoms with Gasteiger partial charge >= 0.3 is 0 Å². The zero-order valence-corrected chi connectivity index (χ0v) is 11.6. The fourth-order valence-corrected chi connectivity index (χ4v) is 2.73. The first-order valence-electron chi connectivity index (χ1n) is 4.78. The average molecular weight is 293 g/mol. The van der Waals surface area contributed by atoms with Crippen LogP contribution in [0.2, 0.25) is 5.02 Å². The summed E-state index contributed by atoms with van der Waals surface area (Å²) in [5, 5.41) is 0.613. The molecule has 7 heteroatoms. The van der Waals surface area contributed by atoms with E-state index in [1.54, 1.807) is 24.3 Å². The lowest BCUT2D eigenvalue weighted by molar-refractivity contribution is 0.470. The first-order valence-corrected chi connectivity index (χ1v) is 7.17. The van der Waals surface area contributed by atoms with Gasteiger partial charge in [0, 0.05) is 18.6 Å². The van der Waals surface area contributed by atoms with Gasteiger partial charge in [-0.2, -0.15) is 0 Å². The highest BCUT2D eigenvalue weighted by molar-refractivity contribution is 7.92. The summed E-state index contributed by atoms with van der Waals surface area (Å²) in [4.78, 5) is -0.0343. The van der Waals surface area contributed by atoms with Crippen molar-refractivity contribution in [3.63, 3.8) is 0 Å². The number of halogens is 1. The lowest BCUT2D eigenvalue weighted by Gasteiger charge is -2.16. The van der Waals surface area contributed by atoms with Crippen LogP contribution in [0.4, 0.5) is 0 Å². The maximum Gasteiger partial charge on any atom is 0.220 e. The highest BCUT2D eigenvalue weighted by Crippen LogP contribution is 2.12. The van der Waals surface area contributed by atoms with Crippen molar-refractivity contribution in [1.82, 2.24) is 4.31 Å². The van der Waals surface area contributed by atoms with E-state index < -0.39 is 10.0 Å². The van der Waals surface area contributed by atoms with Crippen molar-refractivity contribution in [1.29, 1.82) is 0 Å². The topological polar surface area (TPSA) is 63.4 Å². The Kier molecular flexibility index (Phi) is 4.88. The molecule has 0 heterocycles. The minimum absolute atomic E-state index is 0.0343. The second-order valence-corrected chi connectivity index (χ2v) is 6.64. The molecule has 0 saturated carbocycles. The van der Waals surface area contributed by atoms with Crippen LogP contribution in [-0.4, -0.2) is 30.5 Å². The predicted octanol–water partition coefficient (Wildman–Crippen LogP) is 1.39. The molecule has 0 saturated heterocycles. The molecule has 0 unspecified atom stereocenters. The molecule has 0 bridgehead atoms. The Labute approximate surface area is 111 Å². The molecule has 0 aliphatic carbocycles. The predicted molar refractivity (Wildman–Crippen MR) is 73.5 cm³/mol. The third-order valence-electron chi connectivity index (χ3n) is 2.12. The Morgan fingerprint density at radius 2 is 1.94 bits per heavy atom. The molecule has 0 aromatic heterocycles. The van der Waals surface area contributed by atoms with Crippen molar-refractivity contribution in [2.75, 3.05) is 12.8 Å². The maximum absolute atomic E-state index is 11.7. The van der Waals surface area contributed by atoms with Crippen molar-refractivity contribution in [2.24, 2.45) is 5.73 Å². The zero-order chi connectivity index (χ0) is 13.1. The van der Waals surface area contributed by atoms with Gasteiger partial charge in [-0.15, -0.1) is 0 Å². The molecule has 1 rings (SSSR count). The van der Waals surface area contributed by atoms with E-state index in [2.05, 4.69) is 12.2 Å². The third-order valence-corrected chi connectivity index (χ3v) is 4.45. The van der Waals surface area contributed by atoms with E-state index in [-0.39, 0.29) is 17.3 Å². The van der Waals surface area contributed by atoms with Gasteiger partial charge in [0.15, 0.2) is 0 Å². The Morgan fingerprint density at radius 3 is 2.41 bits per heavy atom. The van der Waals surface area contributed by atoms with Gasteiger partial charge in [-0.25, -0.2) is 12.7 Å². The van der Waals surface area contributed by atoms with Crippen LogP contribution in [0.3, 0.4) is 0 Å². The number of thiocarbonyl (C=S) groups is 1. The second kappa shape index (κ2) is 5.77. The highest BCUT2D eigenvalue weighted by Gasteiger charge is 2.18. The van der Waals surface area contributed by atoms with Gasteiger partial charge in [-0.3, -0.25) is 0 Å². The number of nitrogens with zero attached hydrogens (tertiary/aromatic N) is 1. The Hall–Kier alpha value is -0.690. The molecule has 0 radical (unpaired) electrons. The molecule has 4 nitrogen and oxygen atoms in total. The van der Waals surface area contributed by atoms with Crippen molar-refractivity contribution in [2.45, 2.75) is 6.54 Å². The van der Waals surface area contributed by atoms with Gasteiger partial charge < -0.3 is 5.73 Å². The molecule has 0 aliphatic rings. The number of benzene rings is 1. The summed E-state index contributed by atoms with van der Waals surface area (Å²) < 4.78 is 24.7. The van der Waals surface area contributed by atoms with Gasteiger partial charge in [0.1, 0.15) is 5.75 Å². The first kappa shape index (κ1) is 14.4. The third kappa shape index (κ3) is 4.59. The molecular weight excluding hydrogens is 280 g/mol. The van der Waals surface area contributed by atoms with Crippen LogP contribution >= 0.6 is 23.8 Å². The minimum atomic E-state index is -3.43. The van der Waals surface area contributed by atoms with Gasteiger partial charge in [0.25, 0.3) is 0 Å². The molecular formula is C10H13ClN2O2S2. The first-order chi connectivity index (χ1) is 7.81. The Bertz CT molecular complexity index is 500. The average Bonchev–Trinajstić information content (AvgIpc) is 2.19. The van der Waals surface area contributed by atoms with E-state index in [0.717, 1.165) is 5.56 Å². The summed E-state index contributed by atoms with van der Waals surface area (Å²) in [7, 11) is -1.95. The number of hydrogen-bond acceptors (Lipinski definition) is 3. The van der Waals surface area contributed by atoms with Crippen LogP contribution in [0, 0.1) is 0 Å². The van der Waals surface area contributed by atoms with Crippen molar-refractivity contribution >= 4 is 38.8 Å². The molecule has 0 spiro atoms. The van der Waals surface area contributed by atoms with Crippen molar-refractivity contribution in [3.8, 4) is 0 Å². The summed E-state index contributed by atoms with van der Waals surface area (Å²) in [5.41, 5.74) is 6.09. The van der Waals surface area contributed by atoms with Crippen molar-refractivity contribution < 1.29 is 8.42 Å². The van der Waals surface area contributed by atoms with E-state index in [9.17, 15) is 8.42 Å². The lowest BCUT2D eigenvalue weighted by atomic mass is 10.2. The fraction of sp³-hybridized carbons (Fsp3) is 0.300. The summed E-state index contributed by atoms with van der Waals surface area (Å²) in [6, 6.07) is 6.97. The number of sulfonamides is 1. The van der Waals surface area contributed by atoms with Crippen LogP contribution in [0.5, 0.6) is 0 Å². The Morgan fingerprint density at radius 1 is 1.41 bits per heavy atom. The SMILES string of the molecule is CN(Cc1ccc(Cl)cc1)S(=O)(=O)CC(N)=S. The highest BCUT2D eigenvalue weighted by atomic mass is 35.5. The fourth-order valence-electron chi connectivity index (χ4n) is 1.24. The second-order valence-electron chi connectivity index (χ2n) is 3.61.